The molecule has 0 radical (unpaired) electrons. The molecule has 1 aliphatic rings. The normalized spacial score (nSPS) is 33.4. The summed E-state index contributed by atoms with van der Waals surface area (Å²) in [7, 11) is 1.38. The number of ether oxygens (including phenoxy) is 1. The molecule has 20 heavy (non-hydrogen) atoms. The number of aromatic nitrogens is 2. The molecule has 0 amide bonds. The highest BCUT2D eigenvalue weighted by atomic mass is 16.6. The molecule has 1 aromatic rings. The van der Waals surface area contributed by atoms with Gasteiger partial charge < -0.3 is 20.1 Å². The lowest BCUT2D eigenvalue weighted by Gasteiger charge is -2.27. The van der Waals surface area contributed by atoms with Crippen LogP contribution in [0.1, 0.15) is 13.2 Å². The maximum Gasteiger partial charge on any atom is 0.351 e. The van der Waals surface area contributed by atoms with Crippen LogP contribution in [0.5, 0.6) is 0 Å². The van der Waals surface area contributed by atoms with Crippen molar-refractivity contribution in [2.75, 3.05) is 19.2 Å². The molecule has 1 unspecified atom stereocenters. The van der Waals surface area contributed by atoms with Crippen molar-refractivity contribution in [3.63, 3.8) is 0 Å². The summed E-state index contributed by atoms with van der Waals surface area (Å²) in [4.78, 5) is 20.2. The van der Waals surface area contributed by atoms with Crippen LogP contribution < -0.4 is 11.2 Å². The highest BCUT2D eigenvalue weighted by Gasteiger charge is 2.53. The van der Waals surface area contributed by atoms with Crippen LogP contribution in [0.3, 0.4) is 0 Å². The summed E-state index contributed by atoms with van der Waals surface area (Å²) < 4.78 is 6.37. The smallest absolute Gasteiger partial charge is 0.351 e. The molecule has 4 N–H and O–H groups in total. The number of aliphatic hydroxyl groups excluding tert-OH is 2. The predicted octanol–water partition coefficient (Wildman–Crippen LogP) is -1.78. The predicted molar refractivity (Wildman–Crippen MR) is 66.8 cm³/mol. The van der Waals surface area contributed by atoms with Crippen LogP contribution in [0.25, 0.3) is 0 Å². The molecular weight excluding hydrogens is 270 g/mol. The number of nitrogens with one attached hydrogen (secondary N) is 1. The second kappa shape index (κ2) is 5.46. The van der Waals surface area contributed by atoms with E-state index in [-0.39, 0.29) is 5.82 Å². The van der Waals surface area contributed by atoms with Crippen molar-refractivity contribution in [3.8, 4) is 0 Å². The fourth-order valence-electron chi connectivity index (χ4n) is 2.14. The minimum Gasteiger partial charge on any atom is -0.394 e. The lowest BCUT2D eigenvalue weighted by Crippen LogP contribution is -2.46. The van der Waals surface area contributed by atoms with Gasteiger partial charge in [-0.1, -0.05) is 0 Å². The number of hydrogen-bond donors (Lipinski definition) is 4. The van der Waals surface area contributed by atoms with E-state index in [1.807, 2.05) is 0 Å². The second-order valence-electron chi connectivity index (χ2n) is 4.69. The Bertz CT molecular complexity index is 531. The van der Waals surface area contributed by atoms with E-state index in [2.05, 4.69) is 15.3 Å². The van der Waals surface area contributed by atoms with Crippen molar-refractivity contribution in [1.82, 2.24) is 9.55 Å². The van der Waals surface area contributed by atoms with Gasteiger partial charge in [-0.3, -0.25) is 9.40 Å². The zero-order chi connectivity index (χ0) is 14.9. The van der Waals surface area contributed by atoms with Gasteiger partial charge in [0.2, 0.25) is 0 Å². The van der Waals surface area contributed by atoms with Crippen molar-refractivity contribution in [1.29, 1.82) is 0 Å². The molecule has 1 fully saturated rings. The van der Waals surface area contributed by atoms with Crippen molar-refractivity contribution >= 4 is 5.82 Å². The molecule has 1 aliphatic heterocycles. The molecular formula is C11H17N3O6. The Morgan fingerprint density at radius 2 is 2.35 bits per heavy atom. The molecule has 0 bridgehead atoms. The van der Waals surface area contributed by atoms with Crippen LogP contribution in [0.15, 0.2) is 17.1 Å². The van der Waals surface area contributed by atoms with Gasteiger partial charge in [0.1, 0.15) is 17.8 Å². The van der Waals surface area contributed by atoms with Crippen LogP contribution in [-0.2, 0) is 9.57 Å². The van der Waals surface area contributed by atoms with Gasteiger partial charge >= 0.3 is 5.69 Å². The van der Waals surface area contributed by atoms with Gasteiger partial charge in [-0.05, 0) is 13.0 Å². The van der Waals surface area contributed by atoms with Crippen LogP contribution in [0.2, 0.25) is 0 Å². The molecule has 0 aromatic carbocycles. The molecule has 0 saturated carbocycles. The van der Waals surface area contributed by atoms with Gasteiger partial charge in [0.05, 0.1) is 13.7 Å². The summed E-state index contributed by atoms with van der Waals surface area (Å²) in [5.41, 5.74) is -0.0202. The summed E-state index contributed by atoms with van der Waals surface area (Å²) in [6.45, 7) is 0.852. The first kappa shape index (κ1) is 14.9. The molecule has 4 atom stereocenters. The molecule has 112 valence electrons. The Morgan fingerprint density at radius 3 is 2.85 bits per heavy atom. The van der Waals surface area contributed by atoms with Gasteiger partial charge in [-0.15, -0.1) is 0 Å². The molecule has 9 heteroatoms. The van der Waals surface area contributed by atoms with Crippen molar-refractivity contribution in [2.24, 2.45) is 0 Å². The Morgan fingerprint density at radius 1 is 1.65 bits per heavy atom. The van der Waals surface area contributed by atoms with E-state index in [1.54, 1.807) is 0 Å². The Balaban J connectivity index is 2.34. The topological polar surface area (TPSA) is 126 Å². The zero-order valence-electron chi connectivity index (χ0n) is 11.1. The van der Waals surface area contributed by atoms with Gasteiger partial charge in [-0.25, -0.2) is 10.3 Å². The maximum absolute atomic E-state index is 11.9. The van der Waals surface area contributed by atoms with Gasteiger partial charge in [-0.2, -0.15) is 4.98 Å². The third kappa shape index (κ3) is 2.41. The van der Waals surface area contributed by atoms with Gasteiger partial charge in [0, 0.05) is 6.20 Å². The average molecular weight is 287 g/mol. The Kier molecular flexibility index (Phi) is 4.06. The monoisotopic (exact) mass is 287 g/mol. The molecule has 9 nitrogen and oxygen atoms in total. The first-order valence-electron chi connectivity index (χ1n) is 5.96. The highest BCUT2D eigenvalue weighted by Crippen LogP contribution is 2.37. The molecule has 2 heterocycles. The lowest BCUT2D eigenvalue weighted by atomic mass is 9.96. The van der Waals surface area contributed by atoms with E-state index in [0.29, 0.717) is 0 Å². The summed E-state index contributed by atoms with van der Waals surface area (Å²) in [5, 5.41) is 29.2. The standard InChI is InChI=1S/C11H17N3O6/c1-11(18)8(16)6(5-15)20-9(11)14-4-3-7(13-19-2)12-10(14)17/h3-4,6,8-9,15-16,18H,5H2,1-2H3,(H,12,13,17)/t6-,8+,9-,11?/m1/s1. The second-order valence-corrected chi connectivity index (χ2v) is 4.69. The minimum absolute atomic E-state index is 0.200. The molecule has 2 rings (SSSR count). The van der Waals surface area contributed by atoms with Crippen LogP contribution in [-0.4, -0.2) is 56.4 Å². The summed E-state index contributed by atoms with van der Waals surface area (Å²) in [5.74, 6) is 0.200. The van der Waals surface area contributed by atoms with E-state index in [1.165, 1.54) is 26.3 Å². The quantitative estimate of drug-likeness (QED) is 0.479. The van der Waals surface area contributed by atoms with Crippen molar-refractivity contribution < 1.29 is 24.9 Å². The molecule has 0 aliphatic carbocycles. The Labute approximate surface area is 114 Å². The van der Waals surface area contributed by atoms with Crippen LogP contribution >= 0.6 is 0 Å². The number of nitrogens with zero attached hydrogens (tertiary/aromatic N) is 2. The molecule has 1 saturated heterocycles. The van der Waals surface area contributed by atoms with E-state index in [4.69, 9.17) is 9.84 Å². The van der Waals surface area contributed by atoms with E-state index >= 15 is 0 Å². The number of hydrogen-bond acceptors (Lipinski definition) is 8. The van der Waals surface area contributed by atoms with Gasteiger partial charge in [0.25, 0.3) is 0 Å². The van der Waals surface area contributed by atoms with Crippen molar-refractivity contribution in [2.45, 2.75) is 31.0 Å². The molecule has 1 aromatic heterocycles. The number of rotatable bonds is 4. The summed E-state index contributed by atoms with van der Waals surface area (Å²) in [6, 6.07) is 1.45. The first-order chi connectivity index (χ1) is 9.41. The lowest BCUT2D eigenvalue weighted by molar-refractivity contribution is -0.0987. The first-order valence-corrected chi connectivity index (χ1v) is 5.96. The van der Waals surface area contributed by atoms with E-state index in [0.717, 1.165) is 4.57 Å². The fourth-order valence-corrected chi connectivity index (χ4v) is 2.14. The number of aliphatic hydroxyl groups is 3. The number of anilines is 1. The third-order valence-corrected chi connectivity index (χ3v) is 3.22. The third-order valence-electron chi connectivity index (χ3n) is 3.22. The van der Waals surface area contributed by atoms with E-state index in [9.17, 15) is 15.0 Å². The van der Waals surface area contributed by atoms with E-state index < -0.39 is 36.3 Å². The Hall–Kier alpha value is -1.52. The fraction of sp³-hybridized carbons (Fsp3) is 0.636. The molecule has 0 spiro atoms. The van der Waals surface area contributed by atoms with Crippen molar-refractivity contribution in [3.05, 3.63) is 22.7 Å². The SMILES string of the molecule is CONc1ccn([C@@H]2O[C@H](CO)[C@H](O)C2(C)O)c(=O)n1. The largest absolute Gasteiger partial charge is 0.394 e. The highest BCUT2D eigenvalue weighted by molar-refractivity contribution is 5.28. The minimum atomic E-state index is -1.73. The maximum atomic E-state index is 11.9. The average Bonchev–Trinajstić information content (AvgIpc) is 2.62. The van der Waals surface area contributed by atoms with Crippen LogP contribution in [0, 0.1) is 0 Å². The summed E-state index contributed by atoms with van der Waals surface area (Å²) >= 11 is 0. The summed E-state index contributed by atoms with van der Waals surface area (Å²) in [6.07, 6.45) is -2.09. The van der Waals surface area contributed by atoms with Gasteiger partial charge in [0.15, 0.2) is 12.0 Å². The van der Waals surface area contributed by atoms with Crippen LogP contribution in [0.4, 0.5) is 5.82 Å². The zero-order valence-corrected chi connectivity index (χ0v) is 11.1.